The van der Waals surface area contributed by atoms with Crippen LogP contribution in [-0.4, -0.2) is 29.3 Å². The van der Waals surface area contributed by atoms with Gasteiger partial charge in [-0.3, -0.25) is 0 Å². The van der Waals surface area contributed by atoms with Gasteiger partial charge in [0.25, 0.3) is 0 Å². The molecular formula is C15H20N4. The Morgan fingerprint density at radius 1 is 1.16 bits per heavy atom. The van der Waals surface area contributed by atoms with E-state index in [9.17, 15) is 0 Å². The van der Waals surface area contributed by atoms with Gasteiger partial charge in [-0.25, -0.2) is 0 Å². The highest BCUT2D eigenvalue weighted by atomic mass is 15.2. The van der Waals surface area contributed by atoms with Crippen LogP contribution >= 0.6 is 0 Å². The van der Waals surface area contributed by atoms with E-state index < -0.39 is 0 Å². The molecule has 1 saturated carbocycles. The van der Waals surface area contributed by atoms with E-state index in [4.69, 9.17) is 5.73 Å². The molecular weight excluding hydrogens is 236 g/mol. The number of hydrogen-bond donors (Lipinski definition) is 1. The number of nitrogens with two attached hydrogens (primary N) is 1. The normalized spacial score (nSPS) is 23.5. The predicted molar refractivity (Wildman–Crippen MR) is 78.2 cm³/mol. The Bertz CT molecular complexity index is 556. The predicted octanol–water partition coefficient (Wildman–Crippen LogP) is 2.34. The molecule has 1 aliphatic rings. The number of hydrogen-bond acceptors (Lipinski definition) is 4. The van der Waals surface area contributed by atoms with Gasteiger partial charge in [0.1, 0.15) is 0 Å². The van der Waals surface area contributed by atoms with Gasteiger partial charge >= 0.3 is 0 Å². The highest BCUT2D eigenvalue weighted by Crippen LogP contribution is 2.29. The third-order valence-electron chi connectivity index (χ3n) is 4.19. The van der Waals surface area contributed by atoms with Crippen LogP contribution < -0.4 is 10.6 Å². The van der Waals surface area contributed by atoms with Gasteiger partial charge in [-0.2, -0.15) is 10.2 Å². The van der Waals surface area contributed by atoms with E-state index in [0.717, 1.165) is 31.2 Å². The summed E-state index contributed by atoms with van der Waals surface area (Å²) in [4.78, 5) is 2.35. The highest BCUT2D eigenvalue weighted by molar-refractivity contribution is 5.90. The minimum Gasteiger partial charge on any atom is -0.370 e. The van der Waals surface area contributed by atoms with Crippen molar-refractivity contribution < 1.29 is 0 Å². The number of benzene rings is 1. The van der Waals surface area contributed by atoms with Crippen molar-refractivity contribution in [3.63, 3.8) is 0 Å². The summed E-state index contributed by atoms with van der Waals surface area (Å²) < 4.78 is 0. The van der Waals surface area contributed by atoms with Crippen LogP contribution in [0.25, 0.3) is 10.9 Å². The third-order valence-corrected chi connectivity index (χ3v) is 4.19. The molecule has 1 aromatic carbocycles. The molecule has 2 N–H and O–H groups in total. The van der Waals surface area contributed by atoms with Crippen molar-refractivity contribution in [1.82, 2.24) is 10.2 Å². The SMILES string of the molecule is CN(c1cnnc2ccccc12)C1CCC(N)CC1. The van der Waals surface area contributed by atoms with E-state index in [-0.39, 0.29) is 0 Å². The van der Waals surface area contributed by atoms with Crippen molar-refractivity contribution in [1.29, 1.82) is 0 Å². The molecule has 0 radical (unpaired) electrons. The lowest BCUT2D eigenvalue weighted by molar-refractivity contribution is 0.385. The van der Waals surface area contributed by atoms with Gasteiger partial charge in [0.2, 0.25) is 0 Å². The molecule has 0 aliphatic heterocycles. The lowest BCUT2D eigenvalue weighted by atomic mass is 9.90. The van der Waals surface area contributed by atoms with Gasteiger partial charge in [-0.1, -0.05) is 18.2 Å². The fraction of sp³-hybridized carbons (Fsp3) is 0.467. The molecule has 1 aliphatic carbocycles. The van der Waals surface area contributed by atoms with Gasteiger partial charge in [0.15, 0.2) is 0 Å². The van der Waals surface area contributed by atoms with Gasteiger partial charge in [-0.05, 0) is 31.7 Å². The molecule has 0 saturated heterocycles. The van der Waals surface area contributed by atoms with E-state index in [1.54, 1.807) is 0 Å². The molecule has 0 unspecified atom stereocenters. The van der Waals surface area contributed by atoms with Crippen LogP contribution in [0.5, 0.6) is 0 Å². The summed E-state index contributed by atoms with van der Waals surface area (Å²) in [6.45, 7) is 0. The van der Waals surface area contributed by atoms with Gasteiger partial charge in [-0.15, -0.1) is 0 Å². The first-order valence-electron chi connectivity index (χ1n) is 6.94. The first-order valence-corrected chi connectivity index (χ1v) is 6.94. The van der Waals surface area contributed by atoms with E-state index in [1.807, 2.05) is 18.3 Å². The lowest BCUT2D eigenvalue weighted by Crippen LogP contribution is -2.38. The standard InChI is InChI=1S/C15H20N4/c1-19(12-8-6-11(16)7-9-12)15-10-17-18-14-5-3-2-4-13(14)15/h2-5,10-12H,6-9,16H2,1H3. The molecule has 4 nitrogen and oxygen atoms in total. The fourth-order valence-electron chi connectivity index (χ4n) is 2.96. The Kier molecular flexibility index (Phi) is 3.34. The fourth-order valence-corrected chi connectivity index (χ4v) is 2.96. The molecule has 1 fully saturated rings. The second-order valence-corrected chi connectivity index (χ2v) is 5.43. The average Bonchev–Trinajstić information content (AvgIpc) is 2.47. The highest BCUT2D eigenvalue weighted by Gasteiger charge is 2.23. The summed E-state index contributed by atoms with van der Waals surface area (Å²) in [5, 5.41) is 9.49. The quantitative estimate of drug-likeness (QED) is 0.896. The molecule has 0 spiro atoms. The second-order valence-electron chi connectivity index (χ2n) is 5.43. The van der Waals surface area contributed by atoms with Crippen LogP contribution in [0.3, 0.4) is 0 Å². The Balaban J connectivity index is 1.91. The first-order chi connectivity index (χ1) is 9.25. The summed E-state index contributed by atoms with van der Waals surface area (Å²) in [6, 6.07) is 9.13. The van der Waals surface area contributed by atoms with Crippen LogP contribution in [0.1, 0.15) is 25.7 Å². The Labute approximate surface area is 113 Å². The topological polar surface area (TPSA) is 55.0 Å². The smallest absolute Gasteiger partial charge is 0.0950 e. The molecule has 0 amide bonds. The first kappa shape index (κ1) is 12.4. The number of rotatable bonds is 2. The molecule has 0 atom stereocenters. The lowest BCUT2D eigenvalue weighted by Gasteiger charge is -2.35. The van der Waals surface area contributed by atoms with Crippen LogP contribution in [-0.2, 0) is 0 Å². The average molecular weight is 256 g/mol. The third kappa shape index (κ3) is 2.40. The number of aromatic nitrogens is 2. The van der Waals surface area contributed by atoms with Crippen LogP contribution in [0.15, 0.2) is 30.5 Å². The molecule has 3 rings (SSSR count). The van der Waals surface area contributed by atoms with Gasteiger partial charge in [0.05, 0.1) is 17.4 Å². The molecule has 1 aromatic heterocycles. The second kappa shape index (κ2) is 5.13. The minimum atomic E-state index is 0.386. The molecule has 2 aromatic rings. The van der Waals surface area contributed by atoms with E-state index in [2.05, 4.69) is 34.3 Å². The summed E-state index contributed by atoms with van der Waals surface area (Å²) in [7, 11) is 2.16. The van der Waals surface area contributed by atoms with E-state index in [1.165, 1.54) is 11.1 Å². The molecule has 19 heavy (non-hydrogen) atoms. The monoisotopic (exact) mass is 256 g/mol. The number of nitrogens with zero attached hydrogens (tertiary/aromatic N) is 3. The number of anilines is 1. The molecule has 4 heteroatoms. The van der Waals surface area contributed by atoms with Crippen LogP contribution in [0, 0.1) is 0 Å². The van der Waals surface area contributed by atoms with Crippen molar-refractivity contribution in [2.75, 3.05) is 11.9 Å². The zero-order valence-electron chi connectivity index (χ0n) is 11.3. The van der Waals surface area contributed by atoms with Crippen molar-refractivity contribution in [2.45, 2.75) is 37.8 Å². The van der Waals surface area contributed by atoms with E-state index in [0.29, 0.717) is 12.1 Å². The van der Waals surface area contributed by atoms with Crippen LogP contribution in [0.4, 0.5) is 5.69 Å². The van der Waals surface area contributed by atoms with Crippen molar-refractivity contribution >= 4 is 16.6 Å². The largest absolute Gasteiger partial charge is 0.370 e. The number of fused-ring (bicyclic) bond motifs is 1. The van der Waals surface area contributed by atoms with Crippen LogP contribution in [0.2, 0.25) is 0 Å². The van der Waals surface area contributed by atoms with Crippen molar-refractivity contribution in [3.8, 4) is 0 Å². The minimum absolute atomic E-state index is 0.386. The molecule has 100 valence electrons. The maximum atomic E-state index is 5.99. The zero-order chi connectivity index (χ0) is 13.2. The zero-order valence-corrected chi connectivity index (χ0v) is 11.3. The van der Waals surface area contributed by atoms with Crippen molar-refractivity contribution in [3.05, 3.63) is 30.5 Å². The summed E-state index contributed by atoms with van der Waals surface area (Å²) in [5.41, 5.74) is 8.12. The maximum Gasteiger partial charge on any atom is 0.0950 e. The summed E-state index contributed by atoms with van der Waals surface area (Å²) in [5.74, 6) is 0. The summed E-state index contributed by atoms with van der Waals surface area (Å²) in [6.07, 6.45) is 6.43. The molecule has 0 bridgehead atoms. The Morgan fingerprint density at radius 2 is 1.89 bits per heavy atom. The summed E-state index contributed by atoms with van der Waals surface area (Å²) >= 11 is 0. The van der Waals surface area contributed by atoms with Gasteiger partial charge < -0.3 is 10.6 Å². The van der Waals surface area contributed by atoms with Gasteiger partial charge in [0, 0.05) is 24.5 Å². The maximum absolute atomic E-state index is 5.99. The Hall–Kier alpha value is -1.68. The molecule has 1 heterocycles. The Morgan fingerprint density at radius 3 is 2.68 bits per heavy atom. The van der Waals surface area contributed by atoms with E-state index >= 15 is 0 Å². The van der Waals surface area contributed by atoms with Crippen molar-refractivity contribution in [2.24, 2.45) is 5.73 Å².